The van der Waals surface area contributed by atoms with Crippen LogP contribution in [0.25, 0.3) is 0 Å². The van der Waals surface area contributed by atoms with E-state index in [0.29, 0.717) is 19.3 Å². The minimum absolute atomic E-state index is 0.130. The topological polar surface area (TPSA) is 25.2 Å². The molecule has 1 aromatic rings. The van der Waals surface area contributed by atoms with Gasteiger partial charge in [0.05, 0.1) is 18.4 Å². The van der Waals surface area contributed by atoms with E-state index in [0.717, 1.165) is 24.9 Å². The molecule has 5 heteroatoms. The van der Waals surface area contributed by atoms with Gasteiger partial charge in [-0.2, -0.15) is 13.2 Å². The van der Waals surface area contributed by atoms with Crippen molar-refractivity contribution in [2.45, 2.75) is 57.7 Å². The van der Waals surface area contributed by atoms with Gasteiger partial charge in [-0.05, 0) is 49.8 Å². The Morgan fingerprint density at radius 1 is 1.33 bits per heavy atom. The Morgan fingerprint density at radius 2 is 2.10 bits per heavy atom. The smallest absolute Gasteiger partial charge is 0.392 e. The monoisotopic (exact) mass is 303 g/mol. The van der Waals surface area contributed by atoms with Gasteiger partial charge in [0.25, 0.3) is 0 Å². The summed E-state index contributed by atoms with van der Waals surface area (Å²) in [6.07, 6.45) is 3.15. The van der Waals surface area contributed by atoms with Crippen LogP contribution in [-0.2, 0) is 6.42 Å². The highest BCUT2D eigenvalue weighted by molar-refractivity contribution is 5.08. The van der Waals surface area contributed by atoms with Crippen LogP contribution in [0.1, 0.15) is 44.6 Å². The minimum atomic E-state index is -4.09. The summed E-state index contributed by atoms with van der Waals surface area (Å²) in [6, 6.07) is 1.71. The van der Waals surface area contributed by atoms with Crippen molar-refractivity contribution in [3.05, 3.63) is 24.2 Å². The molecule has 1 aromatic heterocycles. The fourth-order valence-corrected chi connectivity index (χ4v) is 3.41. The lowest BCUT2D eigenvalue weighted by molar-refractivity contribution is -0.199. The van der Waals surface area contributed by atoms with Gasteiger partial charge in [0.15, 0.2) is 0 Å². The molecule has 2 rings (SSSR count). The molecular formula is C16H24F3NO. The molecule has 21 heavy (non-hydrogen) atoms. The van der Waals surface area contributed by atoms with Crippen LogP contribution >= 0.6 is 0 Å². The zero-order chi connectivity index (χ0) is 15.3. The first-order chi connectivity index (χ1) is 10.0. The molecule has 2 nitrogen and oxygen atoms in total. The number of furan rings is 1. The van der Waals surface area contributed by atoms with E-state index in [1.807, 2.05) is 13.0 Å². The molecule has 0 amide bonds. The number of hydrogen-bond donors (Lipinski definition) is 1. The van der Waals surface area contributed by atoms with Crippen LogP contribution in [0.3, 0.4) is 0 Å². The molecule has 0 aromatic carbocycles. The SMILES string of the molecule is CCCNC(Cc1ccoc1)C1CCCCC1C(F)(F)F. The Hall–Kier alpha value is -0.970. The third kappa shape index (κ3) is 4.50. The quantitative estimate of drug-likeness (QED) is 0.833. The van der Waals surface area contributed by atoms with Crippen LogP contribution < -0.4 is 5.32 Å². The third-order valence-electron chi connectivity index (χ3n) is 4.45. The molecule has 3 atom stereocenters. The molecule has 0 bridgehead atoms. The molecule has 0 saturated heterocycles. The maximum atomic E-state index is 13.3. The van der Waals surface area contributed by atoms with Crippen molar-refractivity contribution in [2.24, 2.45) is 11.8 Å². The highest BCUT2D eigenvalue weighted by atomic mass is 19.4. The van der Waals surface area contributed by atoms with Crippen molar-refractivity contribution in [1.82, 2.24) is 5.32 Å². The highest BCUT2D eigenvalue weighted by Crippen LogP contribution is 2.43. The standard InChI is InChI=1S/C16H24F3NO/c1-2-8-20-15(10-12-7-9-21-11-12)13-5-3-4-6-14(13)16(17,18)19/h7,9,11,13-15,20H,2-6,8,10H2,1H3. The number of alkyl halides is 3. The summed E-state index contributed by atoms with van der Waals surface area (Å²) < 4.78 is 45.0. The second-order valence-corrected chi connectivity index (χ2v) is 5.99. The normalized spacial score (nSPS) is 25.0. The van der Waals surface area contributed by atoms with Gasteiger partial charge in [0, 0.05) is 6.04 Å². The summed E-state index contributed by atoms with van der Waals surface area (Å²) in [4.78, 5) is 0. The number of rotatable bonds is 6. The maximum absolute atomic E-state index is 13.3. The molecule has 0 aliphatic heterocycles. The van der Waals surface area contributed by atoms with Crippen LogP contribution in [-0.4, -0.2) is 18.8 Å². The average Bonchev–Trinajstić information content (AvgIpc) is 2.95. The van der Waals surface area contributed by atoms with Crippen molar-refractivity contribution in [2.75, 3.05) is 6.54 Å². The second-order valence-electron chi connectivity index (χ2n) is 5.99. The van der Waals surface area contributed by atoms with E-state index in [4.69, 9.17) is 4.42 Å². The average molecular weight is 303 g/mol. The summed E-state index contributed by atoms with van der Waals surface area (Å²) in [6.45, 7) is 2.79. The van der Waals surface area contributed by atoms with Gasteiger partial charge in [0.1, 0.15) is 0 Å². The lowest BCUT2D eigenvalue weighted by atomic mass is 9.73. The molecule has 1 aliphatic carbocycles. The van der Waals surface area contributed by atoms with Crippen LogP contribution in [0.2, 0.25) is 0 Å². The first kappa shape index (κ1) is 16.4. The highest BCUT2D eigenvalue weighted by Gasteiger charge is 2.47. The van der Waals surface area contributed by atoms with E-state index in [2.05, 4.69) is 5.32 Å². The fraction of sp³-hybridized carbons (Fsp3) is 0.750. The second kappa shape index (κ2) is 7.34. The lowest BCUT2D eigenvalue weighted by Gasteiger charge is -2.38. The van der Waals surface area contributed by atoms with E-state index in [9.17, 15) is 13.2 Å². The Balaban J connectivity index is 2.12. The van der Waals surface area contributed by atoms with Crippen LogP contribution in [0, 0.1) is 11.8 Å². The van der Waals surface area contributed by atoms with Crippen LogP contribution in [0.4, 0.5) is 13.2 Å². The largest absolute Gasteiger partial charge is 0.472 e. The fourth-order valence-electron chi connectivity index (χ4n) is 3.41. The molecule has 1 heterocycles. The van der Waals surface area contributed by atoms with E-state index in [1.165, 1.54) is 0 Å². The Labute approximate surface area is 124 Å². The summed E-state index contributed by atoms with van der Waals surface area (Å²) in [5, 5.41) is 3.34. The summed E-state index contributed by atoms with van der Waals surface area (Å²) in [7, 11) is 0. The van der Waals surface area contributed by atoms with Crippen LogP contribution in [0.15, 0.2) is 23.0 Å². The molecule has 0 radical (unpaired) electrons. The molecule has 120 valence electrons. The van der Waals surface area contributed by atoms with Gasteiger partial charge >= 0.3 is 6.18 Å². The summed E-state index contributed by atoms with van der Waals surface area (Å²) in [5.41, 5.74) is 0.968. The maximum Gasteiger partial charge on any atom is 0.392 e. The summed E-state index contributed by atoms with van der Waals surface area (Å²) >= 11 is 0. The van der Waals surface area contributed by atoms with Gasteiger partial charge in [-0.15, -0.1) is 0 Å². The first-order valence-electron chi connectivity index (χ1n) is 7.83. The lowest BCUT2D eigenvalue weighted by Crippen LogP contribution is -2.47. The van der Waals surface area contributed by atoms with Crippen molar-refractivity contribution < 1.29 is 17.6 Å². The van der Waals surface area contributed by atoms with Crippen molar-refractivity contribution in [1.29, 1.82) is 0 Å². The van der Waals surface area contributed by atoms with Crippen molar-refractivity contribution in [3.63, 3.8) is 0 Å². The van der Waals surface area contributed by atoms with Gasteiger partial charge in [0.2, 0.25) is 0 Å². The zero-order valence-electron chi connectivity index (χ0n) is 12.5. The molecule has 3 unspecified atom stereocenters. The Bertz CT molecular complexity index is 402. The van der Waals surface area contributed by atoms with Gasteiger partial charge in [-0.1, -0.05) is 19.8 Å². The van der Waals surface area contributed by atoms with Gasteiger partial charge < -0.3 is 9.73 Å². The Kier molecular flexibility index (Phi) is 5.73. The minimum Gasteiger partial charge on any atom is -0.472 e. The predicted octanol–water partition coefficient (Wildman–Crippen LogP) is 4.56. The molecule has 1 saturated carbocycles. The summed E-state index contributed by atoms with van der Waals surface area (Å²) in [5.74, 6) is -1.51. The number of hydrogen-bond acceptors (Lipinski definition) is 2. The van der Waals surface area contributed by atoms with E-state index >= 15 is 0 Å². The Morgan fingerprint density at radius 3 is 2.71 bits per heavy atom. The van der Waals surface area contributed by atoms with Crippen molar-refractivity contribution in [3.8, 4) is 0 Å². The van der Waals surface area contributed by atoms with E-state index < -0.39 is 12.1 Å². The van der Waals surface area contributed by atoms with Crippen molar-refractivity contribution >= 4 is 0 Å². The van der Waals surface area contributed by atoms with Crippen LogP contribution in [0.5, 0.6) is 0 Å². The zero-order valence-corrected chi connectivity index (χ0v) is 12.5. The molecule has 1 fully saturated rings. The number of nitrogens with one attached hydrogen (secondary N) is 1. The van der Waals surface area contributed by atoms with Gasteiger partial charge in [-0.25, -0.2) is 0 Å². The molecule has 1 aliphatic rings. The predicted molar refractivity (Wildman–Crippen MR) is 76.0 cm³/mol. The number of halogens is 3. The molecular weight excluding hydrogens is 279 g/mol. The third-order valence-corrected chi connectivity index (χ3v) is 4.45. The molecule has 0 spiro atoms. The van der Waals surface area contributed by atoms with Gasteiger partial charge in [-0.3, -0.25) is 0 Å². The van der Waals surface area contributed by atoms with E-state index in [-0.39, 0.29) is 18.4 Å². The molecule has 1 N–H and O–H groups in total. The first-order valence-corrected chi connectivity index (χ1v) is 7.83. The van der Waals surface area contributed by atoms with E-state index in [1.54, 1.807) is 12.5 Å².